The third-order valence-electron chi connectivity index (χ3n) is 5.29. The van der Waals surface area contributed by atoms with E-state index >= 15 is 0 Å². The van der Waals surface area contributed by atoms with Gasteiger partial charge in [0.05, 0.1) is 24.2 Å². The topological polar surface area (TPSA) is 88.2 Å². The van der Waals surface area contributed by atoms with Crippen LogP contribution in [0.15, 0.2) is 27.6 Å². The maximum absolute atomic E-state index is 13.8. The fourth-order valence-electron chi connectivity index (χ4n) is 3.61. The molecule has 0 spiro atoms. The number of nitrogens with zero attached hydrogens (tertiary/aromatic N) is 4. The average molecular weight is 416 g/mol. The minimum atomic E-state index is -4.50. The van der Waals surface area contributed by atoms with Crippen LogP contribution in [-0.2, 0) is 6.18 Å². The SMILES string of the molecule is Cc1cc(-c2nnc(NCC3=NCCN3)o2)nc2c(C(F)(F)F)cc(C3CC3)cc12. The van der Waals surface area contributed by atoms with E-state index in [1.165, 1.54) is 6.07 Å². The van der Waals surface area contributed by atoms with E-state index in [0.717, 1.165) is 37.3 Å². The van der Waals surface area contributed by atoms with Crippen molar-refractivity contribution in [3.63, 3.8) is 0 Å². The lowest BCUT2D eigenvalue weighted by molar-refractivity contribution is -0.136. The van der Waals surface area contributed by atoms with Crippen LogP contribution in [0, 0.1) is 6.92 Å². The Kier molecular flexibility index (Phi) is 4.37. The Bertz CT molecular complexity index is 1150. The maximum Gasteiger partial charge on any atom is 0.418 e. The van der Waals surface area contributed by atoms with Crippen molar-refractivity contribution < 1.29 is 17.6 Å². The van der Waals surface area contributed by atoms with Gasteiger partial charge in [0, 0.05) is 11.9 Å². The van der Waals surface area contributed by atoms with Gasteiger partial charge in [0.2, 0.25) is 0 Å². The molecule has 10 heteroatoms. The van der Waals surface area contributed by atoms with Crippen molar-refractivity contribution in [1.82, 2.24) is 20.5 Å². The van der Waals surface area contributed by atoms with Crippen molar-refractivity contribution in [2.24, 2.45) is 4.99 Å². The Morgan fingerprint density at radius 1 is 1.20 bits per heavy atom. The van der Waals surface area contributed by atoms with Crippen LogP contribution in [0.25, 0.3) is 22.5 Å². The predicted molar refractivity (Wildman–Crippen MR) is 106 cm³/mol. The van der Waals surface area contributed by atoms with Crippen LogP contribution in [0.5, 0.6) is 0 Å². The molecule has 156 valence electrons. The number of rotatable bonds is 5. The Labute approximate surface area is 169 Å². The highest BCUT2D eigenvalue weighted by Crippen LogP contribution is 2.45. The quantitative estimate of drug-likeness (QED) is 0.656. The molecule has 0 unspecified atom stereocenters. The number of hydrogen-bond donors (Lipinski definition) is 2. The Morgan fingerprint density at radius 2 is 2.03 bits per heavy atom. The number of amidine groups is 1. The standard InChI is InChI=1S/C20H19F3N6O/c1-10-6-15(18-28-29-19(30-18)26-9-16-24-4-5-25-16)27-17-13(10)7-12(11-2-3-11)8-14(17)20(21,22)23/h6-8,11H,2-5,9H2,1H3,(H,24,25)(H,26,29). The van der Waals surface area contributed by atoms with Crippen LogP contribution in [0.2, 0.25) is 0 Å². The highest BCUT2D eigenvalue weighted by molar-refractivity contribution is 5.88. The monoisotopic (exact) mass is 416 g/mol. The predicted octanol–water partition coefficient (Wildman–Crippen LogP) is 3.90. The van der Waals surface area contributed by atoms with Crippen LogP contribution in [-0.4, -0.2) is 40.7 Å². The first kappa shape index (κ1) is 18.8. The normalized spacial score (nSPS) is 16.6. The van der Waals surface area contributed by atoms with Crippen molar-refractivity contribution in [3.8, 4) is 11.6 Å². The fourth-order valence-corrected chi connectivity index (χ4v) is 3.61. The van der Waals surface area contributed by atoms with Crippen LogP contribution < -0.4 is 10.6 Å². The van der Waals surface area contributed by atoms with Crippen molar-refractivity contribution in [1.29, 1.82) is 0 Å². The number of alkyl halides is 3. The molecule has 30 heavy (non-hydrogen) atoms. The molecule has 3 aromatic rings. The van der Waals surface area contributed by atoms with E-state index in [2.05, 4.69) is 30.8 Å². The van der Waals surface area contributed by atoms with E-state index in [1.54, 1.807) is 13.0 Å². The summed E-state index contributed by atoms with van der Waals surface area (Å²) in [6.07, 6.45) is -2.65. The van der Waals surface area contributed by atoms with E-state index in [-0.39, 0.29) is 29.0 Å². The lowest BCUT2D eigenvalue weighted by Gasteiger charge is -2.14. The molecule has 1 aliphatic carbocycles. The van der Waals surface area contributed by atoms with E-state index in [9.17, 15) is 13.2 Å². The van der Waals surface area contributed by atoms with Gasteiger partial charge in [-0.2, -0.15) is 13.2 Å². The third kappa shape index (κ3) is 3.57. The Morgan fingerprint density at radius 3 is 2.73 bits per heavy atom. The summed E-state index contributed by atoms with van der Waals surface area (Å²) in [6, 6.07) is 4.89. The van der Waals surface area contributed by atoms with Crippen molar-refractivity contribution >= 4 is 22.8 Å². The first-order chi connectivity index (χ1) is 14.4. The van der Waals surface area contributed by atoms with Gasteiger partial charge in [-0.25, -0.2) is 4.98 Å². The van der Waals surface area contributed by atoms with Gasteiger partial charge in [0.25, 0.3) is 5.89 Å². The summed E-state index contributed by atoms with van der Waals surface area (Å²) < 4.78 is 46.9. The number of benzene rings is 1. The summed E-state index contributed by atoms with van der Waals surface area (Å²) in [4.78, 5) is 8.52. The highest BCUT2D eigenvalue weighted by Gasteiger charge is 2.36. The molecule has 2 N–H and O–H groups in total. The van der Waals surface area contributed by atoms with Gasteiger partial charge in [-0.15, -0.1) is 5.10 Å². The number of aliphatic imine (C=N–C) groups is 1. The number of nitrogens with one attached hydrogen (secondary N) is 2. The van der Waals surface area contributed by atoms with Crippen molar-refractivity contribution in [2.45, 2.75) is 31.9 Å². The molecule has 1 saturated carbocycles. The average Bonchev–Trinajstić information content (AvgIpc) is 3.22. The van der Waals surface area contributed by atoms with E-state index in [4.69, 9.17) is 4.42 Å². The second-order valence-corrected chi connectivity index (χ2v) is 7.58. The smallest absolute Gasteiger partial charge is 0.402 e. The molecule has 0 atom stereocenters. The van der Waals surface area contributed by atoms with Crippen molar-refractivity contribution in [2.75, 3.05) is 25.0 Å². The van der Waals surface area contributed by atoms with E-state index < -0.39 is 11.7 Å². The summed E-state index contributed by atoms with van der Waals surface area (Å²) in [7, 11) is 0. The third-order valence-corrected chi connectivity index (χ3v) is 5.29. The molecule has 2 aliphatic rings. The van der Waals surface area contributed by atoms with Gasteiger partial charge in [-0.3, -0.25) is 4.99 Å². The first-order valence-corrected chi connectivity index (χ1v) is 9.76. The van der Waals surface area contributed by atoms with Crippen LogP contribution in [0.3, 0.4) is 0 Å². The summed E-state index contributed by atoms with van der Waals surface area (Å²) in [5, 5.41) is 14.4. The molecule has 2 aromatic heterocycles. The molecule has 1 aromatic carbocycles. The zero-order chi connectivity index (χ0) is 20.9. The maximum atomic E-state index is 13.8. The zero-order valence-corrected chi connectivity index (χ0v) is 16.2. The molecular weight excluding hydrogens is 397 g/mol. The summed E-state index contributed by atoms with van der Waals surface area (Å²) in [5.74, 6) is 1.05. The number of fused-ring (bicyclic) bond motifs is 1. The number of halogens is 3. The molecule has 1 aliphatic heterocycles. The zero-order valence-electron chi connectivity index (χ0n) is 16.2. The second-order valence-electron chi connectivity index (χ2n) is 7.58. The Balaban J connectivity index is 1.51. The summed E-state index contributed by atoms with van der Waals surface area (Å²) >= 11 is 0. The van der Waals surface area contributed by atoms with Gasteiger partial charge in [0.15, 0.2) is 0 Å². The molecule has 0 bridgehead atoms. The largest absolute Gasteiger partial charge is 0.418 e. The molecule has 5 rings (SSSR count). The van der Waals surface area contributed by atoms with Gasteiger partial charge < -0.3 is 15.1 Å². The molecule has 3 heterocycles. The van der Waals surface area contributed by atoms with Gasteiger partial charge >= 0.3 is 12.2 Å². The molecular formula is C20H19F3N6O. The molecule has 0 saturated heterocycles. The van der Waals surface area contributed by atoms with Crippen LogP contribution in [0.1, 0.15) is 35.4 Å². The van der Waals surface area contributed by atoms with Gasteiger partial charge in [-0.05, 0) is 55.0 Å². The summed E-state index contributed by atoms with van der Waals surface area (Å²) in [5.41, 5.74) is 0.788. The first-order valence-electron chi connectivity index (χ1n) is 9.76. The summed E-state index contributed by atoms with van der Waals surface area (Å²) in [6.45, 7) is 3.67. The second kappa shape index (κ2) is 6.96. The van der Waals surface area contributed by atoms with E-state index in [0.29, 0.717) is 17.5 Å². The minimum absolute atomic E-state index is 0.0585. The molecule has 7 nitrogen and oxygen atoms in total. The van der Waals surface area contributed by atoms with Crippen molar-refractivity contribution in [3.05, 3.63) is 34.9 Å². The lowest BCUT2D eigenvalue weighted by atomic mass is 9.98. The van der Waals surface area contributed by atoms with E-state index in [1.807, 2.05) is 6.07 Å². The number of pyridine rings is 1. The minimum Gasteiger partial charge on any atom is -0.402 e. The van der Waals surface area contributed by atoms with Crippen LogP contribution in [0.4, 0.5) is 19.2 Å². The lowest BCUT2D eigenvalue weighted by Crippen LogP contribution is -2.26. The van der Waals surface area contributed by atoms with Crippen LogP contribution >= 0.6 is 0 Å². The molecule has 0 amide bonds. The van der Waals surface area contributed by atoms with Gasteiger partial charge in [0.1, 0.15) is 11.5 Å². The number of aryl methyl sites for hydroxylation is 1. The van der Waals surface area contributed by atoms with Gasteiger partial charge in [-0.1, -0.05) is 5.10 Å². The fraction of sp³-hybridized carbons (Fsp3) is 0.400. The molecule has 1 fully saturated rings. The Hall–Kier alpha value is -3.17. The number of hydrogen-bond acceptors (Lipinski definition) is 7. The highest BCUT2D eigenvalue weighted by atomic mass is 19.4. The number of anilines is 1. The number of aromatic nitrogens is 3. The molecule has 0 radical (unpaired) electrons.